The van der Waals surface area contributed by atoms with Crippen LogP contribution in [0.3, 0.4) is 0 Å². The van der Waals surface area contributed by atoms with Crippen LogP contribution in [0.5, 0.6) is 0 Å². The Morgan fingerprint density at radius 3 is 2.86 bits per heavy atom. The Morgan fingerprint density at radius 2 is 2.10 bits per heavy atom. The van der Waals surface area contributed by atoms with Crippen molar-refractivity contribution in [3.8, 4) is 0 Å². The molecule has 114 valence electrons. The van der Waals surface area contributed by atoms with Crippen molar-refractivity contribution in [2.75, 3.05) is 12.4 Å². The van der Waals surface area contributed by atoms with Crippen LogP contribution >= 0.6 is 0 Å². The second-order valence-electron chi connectivity index (χ2n) is 6.30. The van der Waals surface area contributed by atoms with Crippen molar-refractivity contribution in [2.24, 2.45) is 0 Å². The van der Waals surface area contributed by atoms with E-state index in [0.717, 1.165) is 36.9 Å². The largest absolute Gasteiger partial charge is 0.382 e. The lowest BCUT2D eigenvalue weighted by molar-refractivity contribution is -0.123. The minimum absolute atomic E-state index is 0.0426. The maximum absolute atomic E-state index is 12.7. The average Bonchev–Trinajstić information content (AvgIpc) is 2.94. The van der Waals surface area contributed by atoms with Crippen molar-refractivity contribution in [3.05, 3.63) is 29.8 Å². The third kappa shape index (κ3) is 3.05. The van der Waals surface area contributed by atoms with Gasteiger partial charge in [-0.2, -0.15) is 0 Å². The minimum atomic E-state index is -0.0426. The van der Waals surface area contributed by atoms with Crippen molar-refractivity contribution in [1.29, 1.82) is 0 Å². The Morgan fingerprint density at radius 1 is 1.29 bits per heavy atom. The quantitative estimate of drug-likeness (QED) is 0.899. The summed E-state index contributed by atoms with van der Waals surface area (Å²) in [6.07, 6.45) is 4.15. The number of carbonyl (C=O) groups excluding carboxylic acids is 1. The Labute approximate surface area is 126 Å². The summed E-state index contributed by atoms with van der Waals surface area (Å²) in [6.45, 7) is 2.13. The monoisotopic (exact) mass is 288 g/mol. The van der Waals surface area contributed by atoms with Crippen molar-refractivity contribution < 1.29 is 9.53 Å². The summed E-state index contributed by atoms with van der Waals surface area (Å²) in [6, 6.07) is 8.73. The first-order valence-corrected chi connectivity index (χ1v) is 7.86. The average molecular weight is 288 g/mol. The number of carbonyl (C=O) groups is 1. The number of ether oxygens (including phenoxy) is 1. The van der Waals surface area contributed by atoms with Gasteiger partial charge in [0.1, 0.15) is 0 Å². The lowest BCUT2D eigenvalue weighted by atomic mass is 9.86. The predicted octanol–water partition coefficient (Wildman–Crippen LogP) is 2.66. The molecule has 4 unspecified atom stereocenters. The number of para-hydroxylation sites is 1. The number of hydrogen-bond donors (Lipinski definition) is 2. The molecule has 4 atom stereocenters. The molecule has 1 aromatic carbocycles. The summed E-state index contributed by atoms with van der Waals surface area (Å²) in [5.41, 5.74) is 2.21. The van der Waals surface area contributed by atoms with Crippen LogP contribution in [0, 0.1) is 0 Å². The molecule has 2 N–H and O–H groups in total. The van der Waals surface area contributed by atoms with Gasteiger partial charge in [0.15, 0.2) is 0 Å². The number of anilines is 1. The highest BCUT2D eigenvalue weighted by Crippen LogP contribution is 2.34. The molecule has 4 nitrogen and oxygen atoms in total. The molecule has 1 heterocycles. The van der Waals surface area contributed by atoms with Gasteiger partial charge in [0, 0.05) is 24.9 Å². The van der Waals surface area contributed by atoms with Gasteiger partial charge in [0.2, 0.25) is 5.91 Å². The SMILES string of the molecule is COC1CCC(NC(=O)C2CC(C)Nc3ccccc32)C1. The van der Waals surface area contributed by atoms with Crippen molar-refractivity contribution in [3.63, 3.8) is 0 Å². The van der Waals surface area contributed by atoms with E-state index in [1.807, 2.05) is 12.1 Å². The van der Waals surface area contributed by atoms with Crippen LogP contribution in [0.2, 0.25) is 0 Å². The van der Waals surface area contributed by atoms with Crippen LogP contribution in [0.1, 0.15) is 44.1 Å². The molecule has 1 aliphatic carbocycles. The fourth-order valence-corrected chi connectivity index (χ4v) is 3.57. The smallest absolute Gasteiger partial charge is 0.227 e. The number of amides is 1. The van der Waals surface area contributed by atoms with Crippen LogP contribution in [-0.2, 0) is 9.53 Å². The first-order valence-electron chi connectivity index (χ1n) is 7.86. The Hall–Kier alpha value is -1.55. The van der Waals surface area contributed by atoms with E-state index in [1.165, 1.54) is 0 Å². The number of methoxy groups -OCH3 is 1. The minimum Gasteiger partial charge on any atom is -0.382 e. The molecule has 0 bridgehead atoms. The zero-order chi connectivity index (χ0) is 14.8. The molecule has 4 heteroatoms. The molecular weight excluding hydrogens is 264 g/mol. The summed E-state index contributed by atoms with van der Waals surface area (Å²) in [5, 5.41) is 6.68. The molecular formula is C17H24N2O2. The molecule has 1 aliphatic heterocycles. The van der Waals surface area contributed by atoms with Crippen molar-refractivity contribution in [1.82, 2.24) is 5.32 Å². The zero-order valence-electron chi connectivity index (χ0n) is 12.8. The summed E-state index contributed by atoms with van der Waals surface area (Å²) in [5.74, 6) is 0.122. The van der Waals surface area contributed by atoms with E-state index in [1.54, 1.807) is 7.11 Å². The number of rotatable bonds is 3. The Bertz CT molecular complexity index is 517. The second kappa shape index (κ2) is 6.06. The number of benzene rings is 1. The van der Waals surface area contributed by atoms with Gasteiger partial charge in [-0.1, -0.05) is 18.2 Å². The van der Waals surface area contributed by atoms with E-state index < -0.39 is 0 Å². The molecule has 21 heavy (non-hydrogen) atoms. The third-order valence-corrected chi connectivity index (χ3v) is 4.71. The molecule has 0 aromatic heterocycles. The Balaban J connectivity index is 1.70. The lowest BCUT2D eigenvalue weighted by Crippen LogP contribution is -2.40. The van der Waals surface area contributed by atoms with Crippen LogP contribution < -0.4 is 10.6 Å². The van der Waals surface area contributed by atoms with Gasteiger partial charge in [-0.15, -0.1) is 0 Å². The van der Waals surface area contributed by atoms with Crippen LogP contribution in [0.15, 0.2) is 24.3 Å². The van der Waals surface area contributed by atoms with E-state index >= 15 is 0 Å². The number of hydrogen-bond acceptors (Lipinski definition) is 3. The molecule has 3 rings (SSSR count). The van der Waals surface area contributed by atoms with Gasteiger partial charge >= 0.3 is 0 Å². The second-order valence-corrected chi connectivity index (χ2v) is 6.30. The number of nitrogens with one attached hydrogen (secondary N) is 2. The maximum Gasteiger partial charge on any atom is 0.227 e. The molecule has 0 saturated heterocycles. The molecule has 1 amide bonds. The van der Waals surface area contributed by atoms with E-state index in [4.69, 9.17) is 4.74 Å². The molecule has 1 fully saturated rings. The van der Waals surface area contributed by atoms with Gasteiger partial charge in [0.25, 0.3) is 0 Å². The highest BCUT2D eigenvalue weighted by atomic mass is 16.5. The third-order valence-electron chi connectivity index (χ3n) is 4.71. The topological polar surface area (TPSA) is 50.4 Å². The van der Waals surface area contributed by atoms with Crippen LogP contribution in [0.25, 0.3) is 0 Å². The normalized spacial score (nSPS) is 31.3. The highest BCUT2D eigenvalue weighted by molar-refractivity contribution is 5.86. The van der Waals surface area contributed by atoms with Crippen LogP contribution in [0.4, 0.5) is 5.69 Å². The summed E-state index contributed by atoms with van der Waals surface area (Å²) >= 11 is 0. The molecule has 1 saturated carbocycles. The van der Waals surface area contributed by atoms with E-state index in [9.17, 15) is 4.79 Å². The van der Waals surface area contributed by atoms with Gasteiger partial charge in [-0.25, -0.2) is 0 Å². The maximum atomic E-state index is 12.7. The first-order chi connectivity index (χ1) is 10.2. The van der Waals surface area contributed by atoms with E-state index in [-0.39, 0.29) is 17.9 Å². The first kappa shape index (κ1) is 14.4. The number of fused-ring (bicyclic) bond motifs is 1. The standard InChI is InChI=1S/C17H24N2O2/c1-11-9-15(14-5-3-4-6-16(14)18-11)17(20)19-12-7-8-13(10-12)21-2/h3-6,11-13,15,18H,7-10H2,1-2H3,(H,19,20). The summed E-state index contributed by atoms with van der Waals surface area (Å²) < 4.78 is 5.38. The van der Waals surface area contributed by atoms with Gasteiger partial charge in [-0.3, -0.25) is 4.79 Å². The fourth-order valence-electron chi connectivity index (χ4n) is 3.57. The van der Waals surface area contributed by atoms with Gasteiger partial charge < -0.3 is 15.4 Å². The molecule has 2 aliphatic rings. The fraction of sp³-hybridized carbons (Fsp3) is 0.588. The lowest BCUT2D eigenvalue weighted by Gasteiger charge is -2.31. The highest BCUT2D eigenvalue weighted by Gasteiger charge is 2.32. The zero-order valence-corrected chi connectivity index (χ0v) is 12.8. The molecule has 1 aromatic rings. The van der Waals surface area contributed by atoms with Crippen LogP contribution in [-0.4, -0.2) is 31.2 Å². The van der Waals surface area contributed by atoms with Gasteiger partial charge in [0.05, 0.1) is 12.0 Å². The van der Waals surface area contributed by atoms with Crippen molar-refractivity contribution >= 4 is 11.6 Å². The van der Waals surface area contributed by atoms with Gasteiger partial charge in [-0.05, 0) is 44.2 Å². The summed E-state index contributed by atoms with van der Waals surface area (Å²) in [4.78, 5) is 12.7. The Kier molecular flexibility index (Phi) is 4.15. The van der Waals surface area contributed by atoms with Crippen molar-refractivity contribution in [2.45, 2.75) is 56.7 Å². The summed E-state index contributed by atoms with van der Waals surface area (Å²) in [7, 11) is 1.75. The van der Waals surface area contributed by atoms with E-state index in [2.05, 4.69) is 29.7 Å². The molecule has 0 spiro atoms. The van der Waals surface area contributed by atoms with E-state index in [0.29, 0.717) is 12.1 Å². The molecule has 0 radical (unpaired) electrons. The predicted molar refractivity (Wildman–Crippen MR) is 83.5 cm³/mol.